The first kappa shape index (κ1) is 19.0. The Balaban J connectivity index is 1.31. The number of furan rings is 1. The smallest absolute Gasteiger partial charge is 0.234 e. The predicted molar refractivity (Wildman–Crippen MR) is 112 cm³/mol. The summed E-state index contributed by atoms with van der Waals surface area (Å²) in [6, 6.07) is 9.66. The number of hydrogen-bond acceptors (Lipinski definition) is 8. The fraction of sp³-hybridized carbons (Fsp3) is 0.400. The van der Waals surface area contributed by atoms with Gasteiger partial charge in [0.2, 0.25) is 17.6 Å². The number of fused-ring (bicyclic) bond motifs is 1. The summed E-state index contributed by atoms with van der Waals surface area (Å²) in [6.45, 7) is 2.95. The van der Waals surface area contributed by atoms with Gasteiger partial charge in [-0.2, -0.15) is 5.26 Å². The van der Waals surface area contributed by atoms with Gasteiger partial charge >= 0.3 is 0 Å². The maximum atomic E-state index is 12.6. The first-order chi connectivity index (χ1) is 14.7. The normalized spacial score (nSPS) is 16.6. The van der Waals surface area contributed by atoms with Crippen molar-refractivity contribution >= 4 is 40.3 Å². The van der Waals surface area contributed by atoms with Crippen LogP contribution < -0.4 is 10.2 Å². The Hall–Kier alpha value is -3.03. The zero-order valence-corrected chi connectivity index (χ0v) is 17.0. The molecule has 2 fully saturated rings. The van der Waals surface area contributed by atoms with Crippen LogP contribution in [0.4, 0.5) is 11.6 Å². The molecule has 0 bridgehead atoms. The van der Waals surface area contributed by atoms with Gasteiger partial charge in [0.05, 0.1) is 19.0 Å². The van der Waals surface area contributed by atoms with Crippen molar-refractivity contribution in [3.8, 4) is 6.07 Å². The molecule has 1 saturated heterocycles. The van der Waals surface area contributed by atoms with Gasteiger partial charge in [0.1, 0.15) is 17.3 Å². The van der Waals surface area contributed by atoms with Crippen LogP contribution in [0.1, 0.15) is 24.6 Å². The molecule has 0 unspecified atom stereocenters. The van der Waals surface area contributed by atoms with Crippen LogP contribution >= 0.6 is 11.8 Å². The summed E-state index contributed by atoms with van der Waals surface area (Å²) in [7, 11) is 0. The highest BCUT2D eigenvalue weighted by Gasteiger charge is 2.32. The summed E-state index contributed by atoms with van der Waals surface area (Å²) < 4.78 is 13.1. The van der Waals surface area contributed by atoms with Crippen LogP contribution in [0.5, 0.6) is 0 Å². The van der Waals surface area contributed by atoms with Crippen molar-refractivity contribution in [3.05, 3.63) is 30.0 Å². The van der Waals surface area contributed by atoms with Gasteiger partial charge in [0.25, 0.3) is 0 Å². The number of carbonyl (C=O) groups is 1. The molecule has 1 aliphatic heterocycles. The highest BCUT2D eigenvalue weighted by molar-refractivity contribution is 7.99. The molecular weight excluding hydrogens is 404 g/mol. The van der Waals surface area contributed by atoms with Gasteiger partial charge in [-0.3, -0.25) is 9.36 Å². The van der Waals surface area contributed by atoms with Crippen molar-refractivity contribution in [3.63, 3.8) is 0 Å². The zero-order valence-electron chi connectivity index (χ0n) is 16.2. The third-order valence-corrected chi connectivity index (χ3v) is 6.09. The SMILES string of the molecule is N#Cc1oc2ccccc2c1NC(=O)CSc1nnc(N2CCOCC2)n1C1CC1. The van der Waals surface area contributed by atoms with Crippen molar-refractivity contribution in [2.45, 2.75) is 24.0 Å². The average Bonchev–Trinajstić information content (AvgIpc) is 3.44. The van der Waals surface area contributed by atoms with E-state index in [1.807, 2.05) is 24.3 Å². The summed E-state index contributed by atoms with van der Waals surface area (Å²) in [5, 5.41) is 22.4. The molecule has 5 rings (SSSR count). The molecule has 1 amide bonds. The molecule has 10 heteroatoms. The Labute approximate surface area is 177 Å². The second-order valence-electron chi connectivity index (χ2n) is 7.23. The number of amides is 1. The first-order valence-corrected chi connectivity index (χ1v) is 10.8. The number of ether oxygens (including phenoxy) is 1. The van der Waals surface area contributed by atoms with Crippen LogP contribution in [0.2, 0.25) is 0 Å². The molecule has 0 spiro atoms. The minimum absolute atomic E-state index is 0.102. The maximum absolute atomic E-state index is 12.6. The monoisotopic (exact) mass is 424 g/mol. The lowest BCUT2D eigenvalue weighted by Crippen LogP contribution is -2.38. The van der Waals surface area contributed by atoms with Crippen LogP contribution in [-0.4, -0.2) is 52.7 Å². The van der Waals surface area contributed by atoms with E-state index in [0.717, 1.165) is 37.0 Å². The number of thioether (sulfide) groups is 1. The molecule has 0 atom stereocenters. The van der Waals surface area contributed by atoms with E-state index in [0.29, 0.717) is 35.9 Å². The number of morpholine rings is 1. The third kappa shape index (κ3) is 3.62. The Kier molecular flexibility index (Phi) is 5.06. The van der Waals surface area contributed by atoms with Gasteiger partial charge < -0.3 is 19.4 Å². The fourth-order valence-electron chi connectivity index (χ4n) is 3.55. The van der Waals surface area contributed by atoms with E-state index in [9.17, 15) is 10.1 Å². The molecule has 3 aromatic rings. The molecule has 1 N–H and O–H groups in total. The van der Waals surface area contributed by atoms with Crippen molar-refractivity contribution in [2.24, 2.45) is 0 Å². The molecule has 154 valence electrons. The summed E-state index contributed by atoms with van der Waals surface area (Å²) in [4.78, 5) is 14.8. The largest absolute Gasteiger partial charge is 0.443 e. The summed E-state index contributed by atoms with van der Waals surface area (Å²) >= 11 is 1.35. The molecule has 9 nitrogen and oxygen atoms in total. The van der Waals surface area contributed by atoms with E-state index in [1.54, 1.807) is 6.07 Å². The van der Waals surface area contributed by atoms with Crippen molar-refractivity contribution in [2.75, 3.05) is 42.3 Å². The van der Waals surface area contributed by atoms with Crippen LogP contribution in [0, 0.1) is 11.3 Å². The molecule has 1 saturated carbocycles. The predicted octanol–water partition coefficient (Wildman–Crippen LogP) is 2.80. The Morgan fingerprint density at radius 3 is 2.83 bits per heavy atom. The average molecular weight is 424 g/mol. The van der Waals surface area contributed by atoms with Gasteiger partial charge in [-0.05, 0) is 25.0 Å². The van der Waals surface area contributed by atoms with E-state index in [-0.39, 0.29) is 17.4 Å². The zero-order chi connectivity index (χ0) is 20.5. The minimum atomic E-state index is -0.221. The number of carbonyl (C=O) groups excluding carboxylic acids is 1. The van der Waals surface area contributed by atoms with E-state index in [4.69, 9.17) is 9.15 Å². The lowest BCUT2D eigenvalue weighted by atomic mass is 10.2. The number of benzene rings is 1. The lowest BCUT2D eigenvalue weighted by molar-refractivity contribution is -0.113. The number of nitrogens with zero attached hydrogens (tertiary/aromatic N) is 5. The first-order valence-electron chi connectivity index (χ1n) is 9.86. The summed E-state index contributed by atoms with van der Waals surface area (Å²) in [6.07, 6.45) is 2.20. The van der Waals surface area contributed by atoms with Gasteiger partial charge in [-0.1, -0.05) is 23.9 Å². The molecule has 1 aromatic carbocycles. The molecule has 2 aromatic heterocycles. The number of anilines is 2. The van der Waals surface area contributed by atoms with Crippen molar-refractivity contribution in [1.29, 1.82) is 5.26 Å². The minimum Gasteiger partial charge on any atom is -0.443 e. The van der Waals surface area contributed by atoms with E-state index >= 15 is 0 Å². The van der Waals surface area contributed by atoms with Crippen molar-refractivity contribution < 1.29 is 13.9 Å². The van der Waals surface area contributed by atoms with E-state index in [2.05, 4.69) is 25.0 Å². The Morgan fingerprint density at radius 1 is 1.27 bits per heavy atom. The van der Waals surface area contributed by atoms with Gasteiger partial charge in [0.15, 0.2) is 5.16 Å². The number of aromatic nitrogens is 3. The third-order valence-electron chi connectivity index (χ3n) is 5.15. The van der Waals surface area contributed by atoms with E-state index in [1.165, 1.54) is 11.8 Å². The summed E-state index contributed by atoms with van der Waals surface area (Å²) in [5.74, 6) is 0.904. The molecule has 2 aliphatic rings. The van der Waals surface area contributed by atoms with Gasteiger partial charge in [-0.25, -0.2) is 0 Å². The van der Waals surface area contributed by atoms with Gasteiger partial charge in [0, 0.05) is 24.5 Å². The number of para-hydroxylation sites is 1. The Morgan fingerprint density at radius 2 is 2.07 bits per heavy atom. The van der Waals surface area contributed by atoms with Crippen molar-refractivity contribution in [1.82, 2.24) is 14.8 Å². The molecule has 30 heavy (non-hydrogen) atoms. The topological polar surface area (TPSA) is 109 Å². The molecule has 1 aliphatic carbocycles. The Bertz CT molecular complexity index is 1120. The van der Waals surface area contributed by atoms with Crippen LogP contribution in [-0.2, 0) is 9.53 Å². The van der Waals surface area contributed by atoms with Crippen LogP contribution in [0.15, 0.2) is 33.8 Å². The quantitative estimate of drug-likeness (QED) is 0.602. The summed E-state index contributed by atoms with van der Waals surface area (Å²) in [5.41, 5.74) is 0.983. The van der Waals surface area contributed by atoms with Crippen LogP contribution in [0.3, 0.4) is 0 Å². The number of hydrogen-bond donors (Lipinski definition) is 1. The standard InChI is InChI=1S/C20H20N6O3S/c21-11-16-18(14-3-1-2-4-15(14)29-16)22-17(27)12-30-20-24-23-19(26(20)13-5-6-13)25-7-9-28-10-8-25/h1-4,13H,5-10,12H2,(H,22,27). The maximum Gasteiger partial charge on any atom is 0.234 e. The van der Waals surface area contributed by atoms with E-state index < -0.39 is 0 Å². The number of rotatable bonds is 6. The molecule has 0 radical (unpaired) electrons. The number of nitrogens with one attached hydrogen (secondary N) is 1. The second-order valence-corrected chi connectivity index (χ2v) is 8.18. The second kappa shape index (κ2) is 8.01. The number of nitriles is 1. The highest BCUT2D eigenvalue weighted by Crippen LogP contribution is 2.41. The highest BCUT2D eigenvalue weighted by atomic mass is 32.2. The molecular formula is C20H20N6O3S. The lowest BCUT2D eigenvalue weighted by Gasteiger charge is -2.27. The fourth-order valence-corrected chi connectivity index (χ4v) is 4.35. The van der Waals surface area contributed by atoms with Crippen LogP contribution in [0.25, 0.3) is 11.0 Å². The molecule has 3 heterocycles. The van der Waals surface area contributed by atoms with Gasteiger partial charge in [-0.15, -0.1) is 10.2 Å².